The van der Waals surface area contributed by atoms with Crippen molar-refractivity contribution in [1.82, 2.24) is 9.97 Å². The summed E-state index contributed by atoms with van der Waals surface area (Å²) >= 11 is 0. The summed E-state index contributed by atoms with van der Waals surface area (Å²) in [4.78, 5) is 23.4. The molecule has 1 aromatic carbocycles. The van der Waals surface area contributed by atoms with Crippen LogP contribution in [0.15, 0.2) is 36.5 Å². The lowest BCUT2D eigenvalue weighted by molar-refractivity contribution is 0.102. The molecule has 0 aliphatic carbocycles. The van der Waals surface area contributed by atoms with E-state index in [9.17, 15) is 4.79 Å². The molecule has 0 unspecified atom stereocenters. The lowest BCUT2D eigenvalue weighted by Crippen LogP contribution is -2.34. The number of hydrogen-bond donors (Lipinski definition) is 1. The molecule has 1 saturated heterocycles. The summed E-state index contributed by atoms with van der Waals surface area (Å²) in [5.74, 6) is 1.20. The van der Waals surface area contributed by atoms with Gasteiger partial charge in [-0.2, -0.15) is 0 Å². The Morgan fingerprint density at radius 2 is 1.96 bits per heavy atom. The maximum absolute atomic E-state index is 12.4. The summed E-state index contributed by atoms with van der Waals surface area (Å²) in [6.07, 6.45) is 3.94. The van der Waals surface area contributed by atoms with E-state index in [2.05, 4.69) is 27.1 Å². The number of nitrogens with one attached hydrogen (secondary N) is 1. The Morgan fingerprint density at radius 1 is 1.22 bits per heavy atom. The van der Waals surface area contributed by atoms with E-state index in [-0.39, 0.29) is 5.91 Å². The van der Waals surface area contributed by atoms with Gasteiger partial charge in [0.25, 0.3) is 5.91 Å². The Kier molecular flexibility index (Phi) is 4.55. The molecule has 0 bridgehead atoms. The average molecular weight is 310 g/mol. The predicted molar refractivity (Wildman–Crippen MR) is 91.8 cm³/mol. The maximum Gasteiger partial charge on any atom is 0.274 e. The highest BCUT2D eigenvalue weighted by Crippen LogP contribution is 2.20. The zero-order valence-corrected chi connectivity index (χ0v) is 13.6. The highest BCUT2D eigenvalue weighted by atomic mass is 16.1. The van der Waals surface area contributed by atoms with Crippen molar-refractivity contribution in [3.8, 4) is 0 Å². The van der Waals surface area contributed by atoms with Gasteiger partial charge in [0.1, 0.15) is 5.69 Å². The number of carbonyl (C=O) groups is 1. The molecule has 0 radical (unpaired) electrons. The number of amides is 1. The molecule has 1 amide bonds. The highest BCUT2D eigenvalue weighted by Gasteiger charge is 2.19. The minimum absolute atomic E-state index is 0.201. The topological polar surface area (TPSA) is 58.1 Å². The number of anilines is 2. The second-order valence-electron chi connectivity index (χ2n) is 6.18. The molecule has 2 heterocycles. The fraction of sp³-hybridized carbons (Fsp3) is 0.389. The summed E-state index contributed by atoms with van der Waals surface area (Å²) in [7, 11) is 0. The molecule has 120 valence electrons. The van der Waals surface area contributed by atoms with Crippen LogP contribution >= 0.6 is 0 Å². The fourth-order valence-electron chi connectivity index (χ4n) is 2.74. The van der Waals surface area contributed by atoms with Crippen molar-refractivity contribution >= 4 is 17.5 Å². The van der Waals surface area contributed by atoms with E-state index in [1.54, 1.807) is 12.3 Å². The monoisotopic (exact) mass is 310 g/mol. The summed E-state index contributed by atoms with van der Waals surface area (Å²) in [6.45, 7) is 6.13. The molecule has 1 N–H and O–H groups in total. The van der Waals surface area contributed by atoms with Gasteiger partial charge in [-0.05, 0) is 43.4 Å². The molecule has 5 nitrogen and oxygen atoms in total. The number of nitrogens with zero attached hydrogens (tertiary/aromatic N) is 3. The molecule has 1 aliphatic heterocycles. The summed E-state index contributed by atoms with van der Waals surface area (Å²) in [6, 6.07) is 9.37. The number of aryl methyl sites for hydroxylation is 1. The number of carbonyl (C=O) groups excluding carboxylic acids is 1. The van der Waals surface area contributed by atoms with Crippen LogP contribution in [0, 0.1) is 12.8 Å². The van der Waals surface area contributed by atoms with Gasteiger partial charge in [0.05, 0.1) is 0 Å². The predicted octanol–water partition coefficient (Wildman–Crippen LogP) is 3.27. The number of para-hydroxylation sites is 1. The average Bonchev–Trinajstić information content (AvgIpc) is 2.58. The van der Waals surface area contributed by atoms with Gasteiger partial charge >= 0.3 is 0 Å². The number of piperidine rings is 1. The first kappa shape index (κ1) is 15.5. The highest BCUT2D eigenvalue weighted by molar-refractivity contribution is 6.03. The summed E-state index contributed by atoms with van der Waals surface area (Å²) < 4.78 is 0. The Balaban J connectivity index is 1.74. The van der Waals surface area contributed by atoms with Crippen molar-refractivity contribution in [2.24, 2.45) is 5.92 Å². The lowest BCUT2D eigenvalue weighted by atomic mass is 10.00. The third-order valence-electron chi connectivity index (χ3n) is 4.34. The first-order chi connectivity index (χ1) is 11.1. The molecule has 0 spiro atoms. The van der Waals surface area contributed by atoms with Crippen molar-refractivity contribution in [2.45, 2.75) is 26.7 Å². The van der Waals surface area contributed by atoms with Crippen LogP contribution in [0.25, 0.3) is 0 Å². The molecule has 23 heavy (non-hydrogen) atoms. The molecular weight excluding hydrogens is 288 g/mol. The van der Waals surface area contributed by atoms with Gasteiger partial charge in [-0.25, -0.2) is 9.97 Å². The Morgan fingerprint density at radius 3 is 2.70 bits per heavy atom. The molecule has 0 saturated carbocycles. The largest absolute Gasteiger partial charge is 0.341 e. The van der Waals surface area contributed by atoms with Crippen LogP contribution in [0.5, 0.6) is 0 Å². The van der Waals surface area contributed by atoms with E-state index in [4.69, 9.17) is 0 Å². The first-order valence-electron chi connectivity index (χ1n) is 8.08. The normalized spacial score (nSPS) is 15.5. The molecule has 2 aromatic rings. The first-order valence-corrected chi connectivity index (χ1v) is 8.08. The zero-order valence-electron chi connectivity index (χ0n) is 13.6. The maximum atomic E-state index is 12.4. The molecular formula is C18H22N4O. The van der Waals surface area contributed by atoms with Crippen LogP contribution in [0.4, 0.5) is 11.6 Å². The van der Waals surface area contributed by atoms with Crippen molar-refractivity contribution in [3.63, 3.8) is 0 Å². The van der Waals surface area contributed by atoms with Crippen molar-refractivity contribution in [2.75, 3.05) is 23.3 Å². The van der Waals surface area contributed by atoms with Gasteiger partial charge in [-0.3, -0.25) is 4.79 Å². The van der Waals surface area contributed by atoms with Crippen molar-refractivity contribution in [3.05, 3.63) is 47.8 Å². The van der Waals surface area contributed by atoms with E-state index in [1.165, 1.54) is 0 Å². The molecule has 5 heteroatoms. The van der Waals surface area contributed by atoms with Crippen LogP contribution < -0.4 is 10.2 Å². The van der Waals surface area contributed by atoms with Gasteiger partial charge < -0.3 is 10.2 Å². The van der Waals surface area contributed by atoms with Crippen molar-refractivity contribution < 1.29 is 4.79 Å². The van der Waals surface area contributed by atoms with E-state index in [0.717, 1.165) is 43.1 Å². The minimum atomic E-state index is -0.201. The number of aromatic nitrogens is 2. The number of rotatable bonds is 3. The van der Waals surface area contributed by atoms with Crippen LogP contribution in [-0.4, -0.2) is 29.0 Å². The van der Waals surface area contributed by atoms with Gasteiger partial charge in [0.2, 0.25) is 5.95 Å². The summed E-state index contributed by atoms with van der Waals surface area (Å²) in [5.41, 5.74) is 2.24. The SMILES string of the molecule is Cc1ccccc1NC(=O)c1ccnc(N2CCC(C)CC2)n1. The third kappa shape index (κ3) is 3.67. The standard InChI is InChI=1S/C18H22N4O/c1-13-8-11-22(12-9-13)18-19-10-7-16(21-18)17(23)20-15-6-4-3-5-14(15)2/h3-7,10,13H,8-9,11-12H2,1-2H3,(H,20,23). The van der Waals surface area contributed by atoms with Gasteiger partial charge in [-0.15, -0.1) is 0 Å². The van der Waals surface area contributed by atoms with Crippen LogP contribution in [-0.2, 0) is 0 Å². The van der Waals surface area contributed by atoms with E-state index in [1.807, 2.05) is 31.2 Å². The molecule has 0 atom stereocenters. The Bertz CT molecular complexity index is 693. The van der Waals surface area contributed by atoms with Gasteiger partial charge in [0.15, 0.2) is 0 Å². The molecule has 1 fully saturated rings. The van der Waals surface area contributed by atoms with Crippen molar-refractivity contribution in [1.29, 1.82) is 0 Å². The number of benzene rings is 1. The van der Waals surface area contributed by atoms with Crippen LogP contribution in [0.2, 0.25) is 0 Å². The van der Waals surface area contributed by atoms with E-state index < -0.39 is 0 Å². The van der Waals surface area contributed by atoms with Gasteiger partial charge in [0, 0.05) is 25.0 Å². The number of hydrogen-bond acceptors (Lipinski definition) is 4. The second-order valence-corrected chi connectivity index (χ2v) is 6.18. The quantitative estimate of drug-likeness (QED) is 0.945. The minimum Gasteiger partial charge on any atom is -0.341 e. The van der Waals surface area contributed by atoms with Gasteiger partial charge in [-0.1, -0.05) is 25.1 Å². The van der Waals surface area contributed by atoms with Crippen LogP contribution in [0.1, 0.15) is 35.8 Å². The summed E-state index contributed by atoms with van der Waals surface area (Å²) in [5, 5.41) is 2.92. The zero-order chi connectivity index (χ0) is 16.2. The molecule has 1 aliphatic rings. The fourth-order valence-corrected chi connectivity index (χ4v) is 2.74. The Hall–Kier alpha value is -2.43. The van der Waals surface area contributed by atoms with E-state index >= 15 is 0 Å². The van der Waals surface area contributed by atoms with Crippen LogP contribution in [0.3, 0.4) is 0 Å². The van der Waals surface area contributed by atoms with E-state index in [0.29, 0.717) is 11.6 Å². The molecule has 1 aromatic heterocycles. The smallest absolute Gasteiger partial charge is 0.274 e. The lowest BCUT2D eigenvalue weighted by Gasteiger charge is -2.30. The molecule has 3 rings (SSSR count). The second kappa shape index (κ2) is 6.77. The Labute approximate surface area is 136 Å². The third-order valence-corrected chi connectivity index (χ3v) is 4.34.